The zero-order valence-corrected chi connectivity index (χ0v) is 17.1. The molecule has 0 amide bonds. The maximum Gasteiger partial charge on any atom is 0.333 e. The smallest absolute Gasteiger partial charge is 0.312 e. The summed E-state index contributed by atoms with van der Waals surface area (Å²) in [7, 11) is -1.18. The van der Waals surface area contributed by atoms with E-state index < -0.39 is 8.60 Å². The molecule has 0 spiro atoms. The van der Waals surface area contributed by atoms with E-state index in [9.17, 15) is 0 Å². The summed E-state index contributed by atoms with van der Waals surface area (Å²) in [4.78, 5) is 0. The first-order valence-electron chi connectivity index (χ1n) is 10.5. The number of hydrogen-bond donors (Lipinski definition) is 0. The van der Waals surface area contributed by atoms with Crippen LogP contribution < -0.4 is 0 Å². The predicted octanol–water partition coefficient (Wildman–Crippen LogP) is 7.00. The van der Waals surface area contributed by atoms with Crippen LogP contribution in [0.15, 0.2) is 0 Å². The van der Waals surface area contributed by atoms with Gasteiger partial charge in [-0.25, -0.2) is 0 Å². The minimum atomic E-state index is -1.18. The van der Waals surface area contributed by atoms with Gasteiger partial charge in [-0.2, -0.15) is 0 Å². The molecule has 2 aliphatic rings. The highest BCUT2D eigenvalue weighted by atomic mass is 31.2. The second-order valence-corrected chi connectivity index (χ2v) is 8.73. The summed E-state index contributed by atoms with van der Waals surface area (Å²) in [5.41, 5.74) is 0. The van der Waals surface area contributed by atoms with Crippen molar-refractivity contribution in [2.24, 2.45) is 11.8 Å². The van der Waals surface area contributed by atoms with Gasteiger partial charge in [0.2, 0.25) is 0 Å². The molecule has 0 radical (unpaired) electrons. The molecule has 0 aromatic carbocycles. The molecule has 2 rings (SSSR count). The Bertz CT molecular complexity index is 300. The van der Waals surface area contributed by atoms with Gasteiger partial charge in [0, 0.05) is 0 Å². The number of rotatable bonds is 10. The van der Waals surface area contributed by atoms with Gasteiger partial charge < -0.3 is 13.6 Å². The lowest BCUT2D eigenvalue weighted by Crippen LogP contribution is -2.29. The Kier molecular flexibility index (Phi) is 10.2. The fourth-order valence-electron chi connectivity index (χ4n) is 4.15. The molecule has 0 saturated heterocycles. The largest absolute Gasteiger partial charge is 0.333 e. The maximum atomic E-state index is 6.46. The Balaban J connectivity index is 1.92. The molecule has 4 atom stereocenters. The van der Waals surface area contributed by atoms with E-state index in [4.69, 9.17) is 13.6 Å². The highest BCUT2D eigenvalue weighted by molar-refractivity contribution is 7.41. The molecule has 0 bridgehead atoms. The van der Waals surface area contributed by atoms with Crippen molar-refractivity contribution in [3.63, 3.8) is 0 Å². The Morgan fingerprint density at radius 3 is 1.71 bits per heavy atom. The minimum absolute atomic E-state index is 0.347. The van der Waals surface area contributed by atoms with Crippen molar-refractivity contribution in [3.05, 3.63) is 0 Å². The van der Waals surface area contributed by atoms with Gasteiger partial charge >= 0.3 is 8.60 Å². The number of unbranched alkanes of at least 4 members (excludes halogenated alkanes) is 1. The van der Waals surface area contributed by atoms with Crippen molar-refractivity contribution in [3.8, 4) is 0 Å². The SMILES string of the molecule is CCCCOP(OC1CCCCC1CC)OC1CCCCC1CC. The van der Waals surface area contributed by atoms with Gasteiger partial charge in [-0.3, -0.25) is 0 Å². The lowest BCUT2D eigenvalue weighted by atomic mass is 9.85. The lowest BCUT2D eigenvalue weighted by molar-refractivity contribution is 0.0174. The van der Waals surface area contributed by atoms with E-state index in [2.05, 4.69) is 20.8 Å². The molecule has 2 saturated carbocycles. The highest BCUT2D eigenvalue weighted by Crippen LogP contribution is 2.49. The van der Waals surface area contributed by atoms with Crippen molar-refractivity contribution in [2.75, 3.05) is 6.61 Å². The van der Waals surface area contributed by atoms with E-state index in [1.807, 2.05) is 0 Å². The van der Waals surface area contributed by atoms with Gasteiger partial charge in [0.05, 0.1) is 18.8 Å². The van der Waals surface area contributed by atoms with Crippen LogP contribution in [0.5, 0.6) is 0 Å². The second-order valence-electron chi connectivity index (χ2n) is 7.60. The Morgan fingerprint density at radius 2 is 1.25 bits per heavy atom. The summed E-state index contributed by atoms with van der Waals surface area (Å²) < 4.78 is 19.0. The molecular weight excluding hydrogens is 319 g/mol. The van der Waals surface area contributed by atoms with Crippen molar-refractivity contribution < 1.29 is 13.6 Å². The summed E-state index contributed by atoms with van der Waals surface area (Å²) in [6, 6.07) is 0. The zero-order chi connectivity index (χ0) is 17.2. The van der Waals surface area contributed by atoms with Gasteiger partial charge in [-0.15, -0.1) is 0 Å². The van der Waals surface area contributed by atoms with E-state index in [0.29, 0.717) is 24.0 Å². The fourth-order valence-corrected chi connectivity index (χ4v) is 5.60. The maximum absolute atomic E-state index is 6.46. The Labute approximate surface area is 151 Å². The van der Waals surface area contributed by atoms with Crippen LogP contribution in [0.4, 0.5) is 0 Å². The van der Waals surface area contributed by atoms with Crippen LogP contribution in [-0.4, -0.2) is 18.8 Å². The van der Waals surface area contributed by atoms with Crippen LogP contribution in [0.1, 0.15) is 97.8 Å². The Morgan fingerprint density at radius 1 is 0.750 bits per heavy atom. The summed E-state index contributed by atoms with van der Waals surface area (Å²) >= 11 is 0. The van der Waals surface area contributed by atoms with Crippen molar-refractivity contribution in [2.45, 2.75) is 110 Å². The van der Waals surface area contributed by atoms with Crippen molar-refractivity contribution >= 4 is 8.60 Å². The third-order valence-electron chi connectivity index (χ3n) is 5.86. The molecule has 142 valence electrons. The van der Waals surface area contributed by atoms with Crippen LogP contribution in [0.2, 0.25) is 0 Å². The van der Waals surface area contributed by atoms with Gasteiger partial charge in [-0.1, -0.05) is 65.7 Å². The minimum Gasteiger partial charge on any atom is -0.312 e. The lowest BCUT2D eigenvalue weighted by Gasteiger charge is -2.36. The average Bonchev–Trinajstić information content (AvgIpc) is 2.62. The highest BCUT2D eigenvalue weighted by Gasteiger charge is 2.33. The van der Waals surface area contributed by atoms with Crippen LogP contribution in [0, 0.1) is 11.8 Å². The van der Waals surface area contributed by atoms with Gasteiger partial charge in [0.25, 0.3) is 0 Å². The first-order valence-corrected chi connectivity index (χ1v) is 11.6. The quantitative estimate of drug-likeness (QED) is 0.311. The van der Waals surface area contributed by atoms with Crippen LogP contribution in [0.25, 0.3) is 0 Å². The van der Waals surface area contributed by atoms with E-state index in [-0.39, 0.29) is 0 Å². The molecule has 3 nitrogen and oxygen atoms in total. The summed E-state index contributed by atoms with van der Waals surface area (Å²) in [5, 5.41) is 0. The molecule has 0 aliphatic heterocycles. The van der Waals surface area contributed by atoms with Crippen molar-refractivity contribution in [1.29, 1.82) is 0 Å². The van der Waals surface area contributed by atoms with Gasteiger partial charge in [0.15, 0.2) is 0 Å². The normalized spacial score (nSPS) is 32.6. The summed E-state index contributed by atoms with van der Waals surface area (Å²) in [5.74, 6) is 1.38. The molecule has 2 aliphatic carbocycles. The molecule has 0 N–H and O–H groups in total. The molecule has 4 heteroatoms. The van der Waals surface area contributed by atoms with Gasteiger partial charge in [0.1, 0.15) is 0 Å². The van der Waals surface area contributed by atoms with Crippen LogP contribution in [0.3, 0.4) is 0 Å². The second kappa shape index (κ2) is 11.8. The molecule has 0 aromatic rings. The first kappa shape index (κ1) is 20.6. The van der Waals surface area contributed by atoms with Crippen LogP contribution in [-0.2, 0) is 13.6 Å². The van der Waals surface area contributed by atoms with E-state index in [1.54, 1.807) is 0 Å². The Hall–Kier alpha value is 0.310. The molecule has 2 fully saturated rings. The standard InChI is InChI=1S/C20H39O3P/c1-4-7-16-21-24(22-19-14-10-8-12-17(19)5-2)23-20-15-11-9-13-18(20)6-3/h17-20H,4-16H2,1-3H3. The molecule has 0 aromatic heterocycles. The molecule has 0 heterocycles. The predicted molar refractivity (Wildman–Crippen MR) is 102 cm³/mol. The van der Waals surface area contributed by atoms with Gasteiger partial charge in [-0.05, 0) is 43.9 Å². The third kappa shape index (κ3) is 6.56. The van der Waals surface area contributed by atoms with Crippen LogP contribution >= 0.6 is 8.60 Å². The summed E-state index contributed by atoms with van der Waals surface area (Å²) in [6.45, 7) is 7.56. The van der Waals surface area contributed by atoms with Crippen molar-refractivity contribution in [1.82, 2.24) is 0 Å². The van der Waals surface area contributed by atoms with E-state index >= 15 is 0 Å². The fraction of sp³-hybridized carbons (Fsp3) is 1.00. The topological polar surface area (TPSA) is 27.7 Å². The zero-order valence-electron chi connectivity index (χ0n) is 16.2. The molecular formula is C20H39O3P. The first-order chi connectivity index (χ1) is 11.8. The van der Waals surface area contributed by atoms with E-state index in [1.165, 1.54) is 64.2 Å². The third-order valence-corrected chi connectivity index (χ3v) is 7.14. The molecule has 4 unspecified atom stereocenters. The summed E-state index contributed by atoms with van der Waals surface area (Å²) in [6.07, 6.45) is 15.6. The number of hydrogen-bond acceptors (Lipinski definition) is 3. The monoisotopic (exact) mass is 358 g/mol. The molecule has 24 heavy (non-hydrogen) atoms. The average molecular weight is 359 g/mol. The van der Waals surface area contributed by atoms with E-state index in [0.717, 1.165) is 19.4 Å².